The Kier molecular flexibility index (Phi) is 21.2. The van der Waals surface area contributed by atoms with Crippen LogP contribution in [0, 0.1) is 11.8 Å². The molecule has 0 aliphatic rings. The zero-order valence-electron chi connectivity index (χ0n) is 20.6. The highest BCUT2D eigenvalue weighted by Crippen LogP contribution is 2.22. The third-order valence-corrected chi connectivity index (χ3v) is 6.12. The smallest absolute Gasteiger partial charge is 0.303 e. The van der Waals surface area contributed by atoms with E-state index in [0.29, 0.717) is 19.6 Å². The molecule has 0 aromatic heterocycles. The van der Waals surface area contributed by atoms with Crippen molar-refractivity contribution >= 4 is 5.97 Å². The fourth-order valence-electron chi connectivity index (χ4n) is 4.03. The monoisotopic (exact) mass is 428 g/mol. The lowest BCUT2D eigenvalue weighted by Gasteiger charge is -2.22. The molecule has 0 atom stereocenters. The number of carboxylic acid groups (broad SMARTS) is 1. The summed E-state index contributed by atoms with van der Waals surface area (Å²) >= 11 is 0. The van der Waals surface area contributed by atoms with E-state index in [1.807, 2.05) is 0 Å². The molecule has 4 nitrogen and oxygen atoms in total. The number of hydrogen-bond donors (Lipinski definition) is 1. The average molecular weight is 429 g/mol. The summed E-state index contributed by atoms with van der Waals surface area (Å²) in [6, 6.07) is 0. The van der Waals surface area contributed by atoms with Gasteiger partial charge in [-0.25, -0.2) is 0 Å². The van der Waals surface area contributed by atoms with Crippen LogP contribution >= 0.6 is 0 Å². The fourth-order valence-corrected chi connectivity index (χ4v) is 4.03. The van der Waals surface area contributed by atoms with Crippen LogP contribution in [0.2, 0.25) is 0 Å². The molecule has 1 N–H and O–H groups in total. The molecule has 0 spiro atoms. The van der Waals surface area contributed by atoms with E-state index < -0.39 is 5.97 Å². The quantitative estimate of drug-likeness (QED) is 0.168. The van der Waals surface area contributed by atoms with E-state index in [0.717, 1.165) is 24.7 Å². The van der Waals surface area contributed by atoms with Crippen LogP contribution in [0.5, 0.6) is 0 Å². The Morgan fingerprint density at radius 2 is 1.00 bits per heavy atom. The molecule has 0 heterocycles. The highest BCUT2D eigenvalue weighted by Gasteiger charge is 2.16. The van der Waals surface area contributed by atoms with E-state index in [9.17, 15) is 4.79 Å². The van der Waals surface area contributed by atoms with Gasteiger partial charge in [-0.3, -0.25) is 4.79 Å². The second-order valence-corrected chi connectivity index (χ2v) is 8.98. The molecule has 0 aliphatic carbocycles. The van der Waals surface area contributed by atoms with Crippen molar-refractivity contribution < 1.29 is 19.4 Å². The third-order valence-electron chi connectivity index (χ3n) is 6.12. The number of ether oxygens (including phenoxy) is 2. The molecule has 0 aliphatic heterocycles. The first-order valence-electron chi connectivity index (χ1n) is 13.0. The zero-order chi connectivity index (χ0) is 22.5. The minimum absolute atomic E-state index is 0.106. The summed E-state index contributed by atoms with van der Waals surface area (Å²) in [5.74, 6) is 0.662. The molecular weight excluding hydrogens is 376 g/mol. The van der Waals surface area contributed by atoms with Gasteiger partial charge in [0, 0.05) is 19.6 Å². The summed E-state index contributed by atoms with van der Waals surface area (Å²) in [6.45, 7) is 10.3. The van der Waals surface area contributed by atoms with Gasteiger partial charge < -0.3 is 14.6 Å². The van der Waals surface area contributed by atoms with Gasteiger partial charge in [0.05, 0.1) is 6.42 Å². The van der Waals surface area contributed by atoms with Crippen molar-refractivity contribution in [3.05, 3.63) is 0 Å². The Labute approximate surface area is 187 Å². The van der Waals surface area contributed by atoms with Gasteiger partial charge in [0.1, 0.15) is 0 Å². The molecule has 0 bridgehead atoms. The van der Waals surface area contributed by atoms with Gasteiger partial charge in [0.2, 0.25) is 0 Å². The summed E-state index contributed by atoms with van der Waals surface area (Å²) in [5.41, 5.74) is 0. The highest BCUT2D eigenvalue weighted by atomic mass is 16.7. The van der Waals surface area contributed by atoms with Gasteiger partial charge in [0.25, 0.3) is 0 Å². The van der Waals surface area contributed by atoms with Crippen molar-refractivity contribution in [2.45, 2.75) is 137 Å². The predicted octanol–water partition coefficient (Wildman–Crippen LogP) is 7.98. The highest BCUT2D eigenvalue weighted by molar-refractivity contribution is 5.66. The summed E-state index contributed by atoms with van der Waals surface area (Å²) in [4.78, 5) is 11.0. The van der Waals surface area contributed by atoms with Crippen LogP contribution in [0.25, 0.3) is 0 Å². The molecule has 0 saturated heterocycles. The van der Waals surface area contributed by atoms with Gasteiger partial charge in [-0.2, -0.15) is 0 Å². The number of hydrogen-bond acceptors (Lipinski definition) is 3. The normalized spacial score (nSPS) is 11.8. The van der Waals surface area contributed by atoms with Crippen molar-refractivity contribution in [3.63, 3.8) is 0 Å². The second-order valence-electron chi connectivity index (χ2n) is 8.98. The molecule has 0 fully saturated rings. The van der Waals surface area contributed by atoms with Gasteiger partial charge in [0.15, 0.2) is 6.29 Å². The molecular formula is C26H52O4. The summed E-state index contributed by atoms with van der Waals surface area (Å²) in [6.07, 6.45) is 17.5. The van der Waals surface area contributed by atoms with Crippen molar-refractivity contribution in [2.75, 3.05) is 13.2 Å². The summed E-state index contributed by atoms with van der Waals surface area (Å²) in [5, 5.41) is 9.07. The predicted molar refractivity (Wildman–Crippen MR) is 127 cm³/mol. The lowest BCUT2D eigenvalue weighted by Crippen LogP contribution is -2.22. The number of carbonyl (C=O) groups is 1. The van der Waals surface area contributed by atoms with Crippen molar-refractivity contribution in [2.24, 2.45) is 11.8 Å². The topological polar surface area (TPSA) is 55.8 Å². The first-order valence-corrected chi connectivity index (χ1v) is 13.0. The fraction of sp³-hybridized carbons (Fsp3) is 0.962. The van der Waals surface area contributed by atoms with Crippen molar-refractivity contribution in [3.8, 4) is 0 Å². The Bertz CT molecular complexity index is 330. The maximum Gasteiger partial charge on any atom is 0.303 e. The maximum absolute atomic E-state index is 11.0. The molecule has 0 unspecified atom stereocenters. The SMILES string of the molecule is CCCCC(CCCC)CCOC(CCC(=O)O)OCCC(CCCC)CCCC. The number of rotatable bonds is 23. The van der Waals surface area contributed by atoms with Crippen LogP contribution < -0.4 is 0 Å². The average Bonchev–Trinajstić information content (AvgIpc) is 2.74. The molecule has 0 radical (unpaired) electrons. The summed E-state index contributed by atoms with van der Waals surface area (Å²) in [7, 11) is 0. The molecule has 30 heavy (non-hydrogen) atoms. The minimum Gasteiger partial charge on any atom is -0.481 e. The van der Waals surface area contributed by atoms with Gasteiger partial charge in [-0.05, 0) is 24.7 Å². The van der Waals surface area contributed by atoms with E-state index >= 15 is 0 Å². The number of carboxylic acids is 1. The molecule has 4 heteroatoms. The number of unbranched alkanes of at least 4 members (excludes halogenated alkanes) is 4. The van der Waals surface area contributed by atoms with Gasteiger partial charge >= 0.3 is 5.97 Å². The first kappa shape index (κ1) is 29.4. The molecule has 0 saturated carbocycles. The van der Waals surface area contributed by atoms with Crippen LogP contribution in [-0.2, 0) is 14.3 Å². The van der Waals surface area contributed by atoms with E-state index in [1.165, 1.54) is 77.0 Å². The zero-order valence-corrected chi connectivity index (χ0v) is 20.6. The first-order chi connectivity index (χ1) is 14.6. The lowest BCUT2D eigenvalue weighted by atomic mass is 9.93. The van der Waals surface area contributed by atoms with Gasteiger partial charge in [-0.1, -0.05) is 105 Å². The van der Waals surface area contributed by atoms with Crippen molar-refractivity contribution in [1.82, 2.24) is 0 Å². The Hall–Kier alpha value is -0.610. The van der Waals surface area contributed by atoms with E-state index in [4.69, 9.17) is 14.6 Å². The van der Waals surface area contributed by atoms with Crippen molar-refractivity contribution in [1.29, 1.82) is 0 Å². The van der Waals surface area contributed by atoms with Crippen LogP contribution in [0.4, 0.5) is 0 Å². The van der Waals surface area contributed by atoms with Crippen LogP contribution in [0.15, 0.2) is 0 Å². The van der Waals surface area contributed by atoms with E-state index in [2.05, 4.69) is 27.7 Å². The van der Waals surface area contributed by atoms with Gasteiger partial charge in [-0.15, -0.1) is 0 Å². The third kappa shape index (κ3) is 18.2. The molecule has 0 rings (SSSR count). The summed E-state index contributed by atoms with van der Waals surface area (Å²) < 4.78 is 12.1. The maximum atomic E-state index is 11.0. The Morgan fingerprint density at radius 3 is 1.30 bits per heavy atom. The molecule has 0 amide bonds. The second kappa shape index (κ2) is 21.6. The Balaban J connectivity index is 4.45. The Morgan fingerprint density at radius 1 is 0.633 bits per heavy atom. The standard InChI is InChI=1S/C26H52O4/c1-5-9-13-23(14-10-6-2)19-21-29-26(18-17-25(27)28)30-22-20-24(15-11-7-3)16-12-8-4/h23-24,26H,5-22H2,1-4H3,(H,27,28). The molecule has 180 valence electrons. The molecule has 0 aromatic carbocycles. The van der Waals surface area contributed by atoms with Crippen LogP contribution in [-0.4, -0.2) is 30.6 Å². The molecule has 0 aromatic rings. The van der Waals surface area contributed by atoms with Crippen LogP contribution in [0.3, 0.4) is 0 Å². The largest absolute Gasteiger partial charge is 0.481 e. The van der Waals surface area contributed by atoms with Crippen LogP contribution in [0.1, 0.15) is 130 Å². The number of aliphatic carboxylic acids is 1. The minimum atomic E-state index is -0.778. The van der Waals surface area contributed by atoms with E-state index in [1.54, 1.807) is 0 Å². The lowest BCUT2D eigenvalue weighted by molar-refractivity contribution is -0.158. The van der Waals surface area contributed by atoms with E-state index in [-0.39, 0.29) is 12.7 Å².